The van der Waals surface area contributed by atoms with E-state index in [1.807, 2.05) is 24.3 Å². The molecule has 0 spiro atoms. The molecule has 142 valence electrons. The van der Waals surface area contributed by atoms with Crippen molar-refractivity contribution in [1.82, 2.24) is 4.57 Å². The van der Waals surface area contributed by atoms with Gasteiger partial charge >= 0.3 is 5.97 Å². The van der Waals surface area contributed by atoms with E-state index in [-0.39, 0.29) is 6.42 Å². The quantitative estimate of drug-likeness (QED) is 0.446. The van der Waals surface area contributed by atoms with E-state index in [2.05, 4.69) is 52.7 Å². The molecule has 5 heteroatoms. The summed E-state index contributed by atoms with van der Waals surface area (Å²) in [5, 5.41) is 14.2. The number of ether oxygens (including phenoxy) is 1. The van der Waals surface area contributed by atoms with Crippen LogP contribution < -0.4 is 4.74 Å². The molecule has 0 aliphatic carbocycles. The first-order valence-corrected chi connectivity index (χ1v) is 10.1. The highest BCUT2D eigenvalue weighted by Gasteiger charge is 2.10. The lowest BCUT2D eigenvalue weighted by molar-refractivity contribution is -0.136. The van der Waals surface area contributed by atoms with Crippen LogP contribution in [-0.2, 0) is 17.8 Å². The fourth-order valence-corrected chi connectivity index (χ4v) is 4.01. The maximum absolute atomic E-state index is 10.7. The number of carboxylic acid groups (broad SMARTS) is 1. The van der Waals surface area contributed by atoms with Crippen LogP contribution in [0.2, 0.25) is 0 Å². The van der Waals surface area contributed by atoms with Crippen LogP contribution in [0.5, 0.6) is 5.75 Å². The lowest BCUT2D eigenvalue weighted by Gasteiger charge is -2.12. The van der Waals surface area contributed by atoms with Crippen LogP contribution in [0, 0.1) is 6.92 Å². The third-order valence-corrected chi connectivity index (χ3v) is 5.62. The van der Waals surface area contributed by atoms with Gasteiger partial charge in [0.05, 0.1) is 11.2 Å². The molecule has 4 rings (SSSR count). The van der Waals surface area contributed by atoms with Crippen molar-refractivity contribution < 1.29 is 14.6 Å². The number of fused-ring (bicyclic) bond motifs is 1. The van der Waals surface area contributed by atoms with E-state index >= 15 is 0 Å². The third kappa shape index (κ3) is 3.80. The molecule has 2 aromatic heterocycles. The number of rotatable bonds is 7. The van der Waals surface area contributed by atoms with Gasteiger partial charge < -0.3 is 14.4 Å². The number of thiophene rings is 1. The van der Waals surface area contributed by atoms with Gasteiger partial charge in [0.25, 0.3) is 0 Å². The minimum atomic E-state index is -0.779. The fourth-order valence-electron chi connectivity index (χ4n) is 3.38. The Morgan fingerprint density at radius 2 is 1.93 bits per heavy atom. The number of carboxylic acids is 1. The first-order chi connectivity index (χ1) is 13.6. The third-order valence-electron chi connectivity index (χ3n) is 4.95. The summed E-state index contributed by atoms with van der Waals surface area (Å²) in [4.78, 5) is 10.7. The second kappa shape index (κ2) is 7.90. The molecule has 2 aromatic carbocycles. The smallest absolute Gasteiger partial charge is 0.303 e. The SMILES string of the molecule is Cc1c(COc2ccc(CCC(=O)O)cc2)ccc2ccn(-c3ccsc3)c12. The Labute approximate surface area is 167 Å². The predicted molar refractivity (Wildman–Crippen MR) is 113 cm³/mol. The van der Waals surface area contributed by atoms with Gasteiger partial charge in [0.1, 0.15) is 12.4 Å². The summed E-state index contributed by atoms with van der Waals surface area (Å²) in [6.07, 6.45) is 2.79. The Morgan fingerprint density at radius 1 is 1.11 bits per heavy atom. The van der Waals surface area contributed by atoms with Crippen LogP contribution >= 0.6 is 11.3 Å². The van der Waals surface area contributed by atoms with E-state index in [1.54, 1.807) is 11.3 Å². The van der Waals surface area contributed by atoms with Crippen LogP contribution in [-0.4, -0.2) is 15.6 Å². The van der Waals surface area contributed by atoms with Gasteiger partial charge in [-0.1, -0.05) is 24.3 Å². The summed E-state index contributed by atoms with van der Waals surface area (Å²) >= 11 is 1.69. The van der Waals surface area contributed by atoms with Crippen LogP contribution in [0.1, 0.15) is 23.1 Å². The molecular weight excluding hydrogens is 370 g/mol. The lowest BCUT2D eigenvalue weighted by atomic mass is 10.1. The molecule has 0 radical (unpaired) electrons. The summed E-state index contributed by atoms with van der Waals surface area (Å²) in [5.41, 5.74) is 5.76. The minimum Gasteiger partial charge on any atom is -0.489 e. The van der Waals surface area contributed by atoms with Crippen molar-refractivity contribution in [3.63, 3.8) is 0 Å². The minimum absolute atomic E-state index is 0.142. The Bertz CT molecular complexity index is 1100. The first kappa shape index (κ1) is 18.3. The van der Waals surface area contributed by atoms with Crippen LogP contribution in [0.4, 0.5) is 0 Å². The second-order valence-corrected chi connectivity index (χ2v) is 7.56. The largest absolute Gasteiger partial charge is 0.489 e. The van der Waals surface area contributed by atoms with Gasteiger partial charge in [0, 0.05) is 23.4 Å². The van der Waals surface area contributed by atoms with Gasteiger partial charge in [-0.15, -0.1) is 0 Å². The molecule has 0 fully saturated rings. The van der Waals surface area contributed by atoms with E-state index in [1.165, 1.54) is 22.2 Å². The topological polar surface area (TPSA) is 51.5 Å². The monoisotopic (exact) mass is 391 g/mol. The highest BCUT2D eigenvalue weighted by molar-refractivity contribution is 7.08. The fraction of sp³-hybridized carbons (Fsp3) is 0.174. The first-order valence-electron chi connectivity index (χ1n) is 9.17. The van der Waals surface area contributed by atoms with Gasteiger partial charge in [-0.05, 0) is 59.7 Å². The molecule has 0 bridgehead atoms. The Kier molecular flexibility index (Phi) is 5.17. The molecule has 4 nitrogen and oxygen atoms in total. The van der Waals surface area contributed by atoms with Gasteiger partial charge in [-0.25, -0.2) is 0 Å². The summed E-state index contributed by atoms with van der Waals surface area (Å²) in [5.74, 6) is 0.00480. The van der Waals surface area contributed by atoms with Crippen molar-refractivity contribution >= 4 is 28.2 Å². The Morgan fingerprint density at radius 3 is 2.64 bits per heavy atom. The number of hydrogen-bond acceptors (Lipinski definition) is 3. The zero-order valence-electron chi connectivity index (χ0n) is 15.6. The molecule has 0 amide bonds. The van der Waals surface area contributed by atoms with E-state index in [0.717, 1.165) is 16.9 Å². The number of aliphatic carboxylic acids is 1. The molecule has 28 heavy (non-hydrogen) atoms. The van der Waals surface area contributed by atoms with Crippen molar-refractivity contribution in [2.45, 2.75) is 26.4 Å². The van der Waals surface area contributed by atoms with E-state index in [9.17, 15) is 4.79 Å². The van der Waals surface area contributed by atoms with Crippen molar-refractivity contribution in [1.29, 1.82) is 0 Å². The maximum Gasteiger partial charge on any atom is 0.303 e. The Hall–Kier alpha value is -3.05. The number of nitrogens with zero attached hydrogens (tertiary/aromatic N) is 1. The van der Waals surface area contributed by atoms with Gasteiger partial charge in [-0.3, -0.25) is 4.79 Å². The van der Waals surface area contributed by atoms with Crippen LogP contribution in [0.3, 0.4) is 0 Å². The number of aromatic nitrogens is 1. The summed E-state index contributed by atoms with van der Waals surface area (Å²) in [6.45, 7) is 2.63. The average molecular weight is 391 g/mol. The average Bonchev–Trinajstić information content (AvgIpc) is 3.36. The zero-order chi connectivity index (χ0) is 19.5. The molecule has 0 aliphatic heterocycles. The lowest BCUT2D eigenvalue weighted by Crippen LogP contribution is -2.01. The number of aryl methyl sites for hydroxylation is 2. The van der Waals surface area contributed by atoms with Crippen molar-refractivity contribution in [3.05, 3.63) is 82.2 Å². The normalized spacial score (nSPS) is 11.0. The summed E-state index contributed by atoms with van der Waals surface area (Å²) < 4.78 is 8.21. The van der Waals surface area contributed by atoms with Crippen LogP contribution in [0.25, 0.3) is 16.6 Å². The highest BCUT2D eigenvalue weighted by atomic mass is 32.1. The van der Waals surface area contributed by atoms with Crippen molar-refractivity contribution in [2.24, 2.45) is 0 Å². The second-order valence-electron chi connectivity index (χ2n) is 6.78. The van der Waals surface area contributed by atoms with E-state index in [0.29, 0.717) is 13.0 Å². The van der Waals surface area contributed by atoms with E-state index in [4.69, 9.17) is 9.84 Å². The number of carbonyl (C=O) groups is 1. The molecule has 1 N–H and O–H groups in total. The van der Waals surface area contributed by atoms with Crippen molar-refractivity contribution in [2.75, 3.05) is 0 Å². The van der Waals surface area contributed by atoms with Gasteiger partial charge in [0.2, 0.25) is 0 Å². The Balaban J connectivity index is 1.51. The van der Waals surface area contributed by atoms with Crippen molar-refractivity contribution in [3.8, 4) is 11.4 Å². The summed E-state index contributed by atoms with van der Waals surface area (Å²) in [6, 6.07) is 16.2. The maximum atomic E-state index is 10.7. The zero-order valence-corrected chi connectivity index (χ0v) is 16.4. The predicted octanol–water partition coefficient (Wildman–Crippen LogP) is 5.60. The summed E-state index contributed by atoms with van der Waals surface area (Å²) in [7, 11) is 0. The molecule has 0 atom stereocenters. The molecule has 2 heterocycles. The number of hydrogen-bond donors (Lipinski definition) is 1. The molecule has 0 aliphatic rings. The highest BCUT2D eigenvalue weighted by Crippen LogP contribution is 2.28. The standard InChI is InChI=1S/C23H21NO3S/c1-16-19(14-27-21-7-2-17(3-8-21)4-9-22(25)26)6-5-18-10-12-24(23(16)18)20-11-13-28-15-20/h2-3,5-8,10-13,15H,4,9,14H2,1H3,(H,25,26). The molecule has 4 aromatic rings. The molecule has 0 saturated heterocycles. The number of benzene rings is 2. The molecule has 0 unspecified atom stereocenters. The van der Waals surface area contributed by atoms with Crippen LogP contribution in [0.15, 0.2) is 65.5 Å². The molecule has 0 saturated carbocycles. The van der Waals surface area contributed by atoms with Gasteiger partial charge in [-0.2, -0.15) is 11.3 Å². The molecular formula is C23H21NO3S. The van der Waals surface area contributed by atoms with Gasteiger partial charge in [0.15, 0.2) is 0 Å². The van der Waals surface area contributed by atoms with E-state index < -0.39 is 5.97 Å².